The van der Waals surface area contributed by atoms with Gasteiger partial charge in [-0.1, -0.05) is 45.2 Å². The van der Waals surface area contributed by atoms with Gasteiger partial charge in [0, 0.05) is 14.1 Å². The molecule has 0 radical (unpaired) electrons. The third-order valence-corrected chi connectivity index (χ3v) is 3.60. The molecule has 0 aliphatic heterocycles. The Labute approximate surface area is 122 Å². The molecule has 0 aliphatic rings. The Kier molecular flexibility index (Phi) is 7.13. The molecular weight excluding hydrogens is 250 g/mol. The molecule has 0 N–H and O–H groups in total. The van der Waals surface area contributed by atoms with Crippen molar-refractivity contribution in [3.8, 4) is 0 Å². The van der Waals surface area contributed by atoms with Gasteiger partial charge in [0.05, 0.1) is 17.9 Å². The van der Waals surface area contributed by atoms with Gasteiger partial charge in [0.15, 0.2) is 0 Å². The summed E-state index contributed by atoms with van der Waals surface area (Å²) < 4.78 is 5.50. The molecule has 20 heavy (non-hydrogen) atoms. The van der Waals surface area contributed by atoms with Crippen LogP contribution in [0.3, 0.4) is 0 Å². The summed E-state index contributed by atoms with van der Waals surface area (Å²) >= 11 is 0. The minimum Gasteiger partial charge on any atom is -0.462 e. The molecule has 0 spiro atoms. The van der Waals surface area contributed by atoms with Crippen molar-refractivity contribution >= 4 is 11.7 Å². The first-order valence-corrected chi connectivity index (χ1v) is 7.53. The highest BCUT2D eigenvalue weighted by atomic mass is 16.5. The predicted molar refractivity (Wildman–Crippen MR) is 84.4 cm³/mol. The normalized spacial score (nSPS) is 12.0. The fourth-order valence-electron chi connectivity index (χ4n) is 2.21. The van der Waals surface area contributed by atoms with E-state index in [4.69, 9.17) is 4.74 Å². The molecule has 0 saturated heterocycles. The number of esters is 1. The molecule has 3 heteroatoms. The molecule has 3 nitrogen and oxygen atoms in total. The fraction of sp³-hybridized carbons (Fsp3) is 0.588. The predicted octanol–water partition coefficient (Wildman–Crippen LogP) is 4.13. The Morgan fingerprint density at radius 2 is 1.95 bits per heavy atom. The number of ether oxygens (including phenoxy) is 1. The van der Waals surface area contributed by atoms with Gasteiger partial charge in [-0.25, -0.2) is 4.79 Å². The molecule has 1 unspecified atom stereocenters. The second-order valence-electron chi connectivity index (χ2n) is 5.43. The SMILES string of the molecule is CCCCC(CC)COC(=O)c1ccccc1N(C)C. The lowest BCUT2D eigenvalue weighted by atomic mass is 10.0. The van der Waals surface area contributed by atoms with Crippen molar-refractivity contribution < 1.29 is 9.53 Å². The first kappa shape index (κ1) is 16.5. The lowest BCUT2D eigenvalue weighted by Crippen LogP contribution is -2.18. The smallest absolute Gasteiger partial charge is 0.340 e. The van der Waals surface area contributed by atoms with Crippen molar-refractivity contribution in [3.63, 3.8) is 0 Å². The number of unbranched alkanes of at least 4 members (excludes halogenated alkanes) is 1. The monoisotopic (exact) mass is 277 g/mol. The third kappa shape index (κ3) is 4.87. The lowest BCUT2D eigenvalue weighted by molar-refractivity contribution is 0.0429. The van der Waals surface area contributed by atoms with Crippen molar-refractivity contribution in [1.29, 1.82) is 0 Å². The van der Waals surface area contributed by atoms with Gasteiger partial charge in [0.25, 0.3) is 0 Å². The van der Waals surface area contributed by atoms with Crippen molar-refractivity contribution in [3.05, 3.63) is 29.8 Å². The van der Waals surface area contributed by atoms with Gasteiger partial charge in [0.1, 0.15) is 0 Å². The largest absolute Gasteiger partial charge is 0.462 e. The number of para-hydroxylation sites is 1. The molecule has 1 rings (SSSR count). The Bertz CT molecular complexity index is 415. The van der Waals surface area contributed by atoms with E-state index >= 15 is 0 Å². The van der Waals surface area contributed by atoms with E-state index in [0.717, 1.165) is 18.5 Å². The van der Waals surface area contributed by atoms with E-state index in [2.05, 4.69) is 13.8 Å². The Balaban J connectivity index is 2.62. The number of nitrogens with zero attached hydrogens (tertiary/aromatic N) is 1. The van der Waals surface area contributed by atoms with Gasteiger partial charge >= 0.3 is 5.97 Å². The molecule has 1 aromatic carbocycles. The Hall–Kier alpha value is -1.51. The van der Waals surface area contributed by atoms with Gasteiger partial charge in [-0.05, 0) is 24.5 Å². The summed E-state index contributed by atoms with van der Waals surface area (Å²) in [5, 5.41) is 0. The number of anilines is 1. The quantitative estimate of drug-likeness (QED) is 0.669. The second kappa shape index (κ2) is 8.62. The van der Waals surface area contributed by atoms with Gasteiger partial charge in [-0.2, -0.15) is 0 Å². The van der Waals surface area contributed by atoms with Crippen LogP contribution in [-0.2, 0) is 4.74 Å². The molecule has 0 fully saturated rings. The molecule has 1 aromatic rings. The van der Waals surface area contributed by atoms with Gasteiger partial charge in [-0.3, -0.25) is 0 Å². The van der Waals surface area contributed by atoms with Crippen LogP contribution in [0.25, 0.3) is 0 Å². The number of hydrogen-bond donors (Lipinski definition) is 0. The van der Waals surface area contributed by atoms with Crippen LogP contribution in [0.4, 0.5) is 5.69 Å². The average Bonchev–Trinajstić information content (AvgIpc) is 2.47. The van der Waals surface area contributed by atoms with Crippen LogP contribution >= 0.6 is 0 Å². The van der Waals surface area contributed by atoms with Crippen molar-refractivity contribution in [1.82, 2.24) is 0 Å². The third-order valence-electron chi connectivity index (χ3n) is 3.60. The summed E-state index contributed by atoms with van der Waals surface area (Å²) in [6, 6.07) is 7.57. The Morgan fingerprint density at radius 1 is 1.25 bits per heavy atom. The van der Waals surface area contributed by atoms with Crippen LogP contribution in [0.2, 0.25) is 0 Å². The van der Waals surface area contributed by atoms with Crippen LogP contribution in [-0.4, -0.2) is 26.7 Å². The minimum atomic E-state index is -0.218. The fourth-order valence-corrected chi connectivity index (χ4v) is 2.21. The molecule has 0 aromatic heterocycles. The van der Waals surface area contributed by atoms with Crippen LogP contribution in [0.1, 0.15) is 49.9 Å². The summed E-state index contributed by atoms with van der Waals surface area (Å²) in [7, 11) is 3.87. The highest BCUT2D eigenvalue weighted by Crippen LogP contribution is 2.20. The highest BCUT2D eigenvalue weighted by molar-refractivity contribution is 5.95. The zero-order valence-electron chi connectivity index (χ0n) is 13.2. The number of rotatable bonds is 8. The van der Waals surface area contributed by atoms with E-state index in [1.54, 1.807) is 0 Å². The molecule has 0 heterocycles. The van der Waals surface area contributed by atoms with Crippen molar-refractivity contribution in [2.75, 3.05) is 25.6 Å². The van der Waals surface area contributed by atoms with Gasteiger partial charge < -0.3 is 9.64 Å². The molecule has 0 amide bonds. The standard InChI is InChI=1S/C17H27NO2/c1-5-7-10-14(6-2)13-20-17(19)15-11-8-9-12-16(15)18(3)4/h8-9,11-12,14H,5-7,10,13H2,1-4H3. The van der Waals surface area contributed by atoms with E-state index in [-0.39, 0.29) is 5.97 Å². The van der Waals surface area contributed by atoms with Gasteiger partial charge in [0.2, 0.25) is 0 Å². The first-order valence-electron chi connectivity index (χ1n) is 7.53. The topological polar surface area (TPSA) is 29.5 Å². The highest BCUT2D eigenvalue weighted by Gasteiger charge is 2.15. The summed E-state index contributed by atoms with van der Waals surface area (Å²) in [6.45, 7) is 4.87. The zero-order valence-corrected chi connectivity index (χ0v) is 13.2. The van der Waals surface area contributed by atoms with E-state index < -0.39 is 0 Å². The zero-order chi connectivity index (χ0) is 15.0. The number of carbonyl (C=O) groups excluding carboxylic acids is 1. The lowest BCUT2D eigenvalue weighted by Gasteiger charge is -2.18. The minimum absolute atomic E-state index is 0.218. The van der Waals surface area contributed by atoms with Crippen molar-refractivity contribution in [2.24, 2.45) is 5.92 Å². The van der Waals surface area contributed by atoms with Crippen LogP contribution in [0, 0.1) is 5.92 Å². The maximum Gasteiger partial charge on any atom is 0.340 e. The number of hydrogen-bond acceptors (Lipinski definition) is 3. The number of carbonyl (C=O) groups is 1. The van der Waals surface area contributed by atoms with E-state index in [9.17, 15) is 4.79 Å². The maximum absolute atomic E-state index is 12.2. The molecule has 1 atom stereocenters. The summed E-state index contributed by atoms with van der Waals surface area (Å²) in [4.78, 5) is 14.2. The first-order chi connectivity index (χ1) is 9.60. The van der Waals surface area contributed by atoms with Crippen molar-refractivity contribution in [2.45, 2.75) is 39.5 Å². The van der Waals surface area contributed by atoms with Crippen LogP contribution in [0.5, 0.6) is 0 Å². The molecule has 0 bridgehead atoms. The molecule has 112 valence electrons. The summed E-state index contributed by atoms with van der Waals surface area (Å²) in [6.07, 6.45) is 4.58. The molecule has 0 saturated carbocycles. The average molecular weight is 277 g/mol. The summed E-state index contributed by atoms with van der Waals surface area (Å²) in [5.74, 6) is 0.259. The van der Waals surface area contributed by atoms with Crippen LogP contribution in [0.15, 0.2) is 24.3 Å². The van der Waals surface area contributed by atoms with E-state index in [1.807, 2.05) is 43.3 Å². The van der Waals surface area contributed by atoms with E-state index in [0.29, 0.717) is 18.1 Å². The van der Waals surface area contributed by atoms with Crippen LogP contribution < -0.4 is 4.90 Å². The Morgan fingerprint density at radius 3 is 2.55 bits per heavy atom. The summed E-state index contributed by atoms with van der Waals surface area (Å²) in [5.41, 5.74) is 1.54. The number of benzene rings is 1. The van der Waals surface area contributed by atoms with Gasteiger partial charge in [-0.15, -0.1) is 0 Å². The maximum atomic E-state index is 12.2. The molecule has 0 aliphatic carbocycles. The second-order valence-corrected chi connectivity index (χ2v) is 5.43. The molecular formula is C17H27NO2. The van der Waals surface area contributed by atoms with E-state index in [1.165, 1.54) is 12.8 Å².